The normalized spacial score (nSPS) is 11.1. The van der Waals surface area contributed by atoms with Crippen LogP contribution in [0.5, 0.6) is 5.75 Å². The van der Waals surface area contributed by atoms with Gasteiger partial charge < -0.3 is 9.15 Å². The van der Waals surface area contributed by atoms with E-state index in [9.17, 15) is 4.79 Å². The first-order valence-corrected chi connectivity index (χ1v) is 9.60. The van der Waals surface area contributed by atoms with Crippen LogP contribution >= 0.6 is 11.3 Å². The monoisotopic (exact) mass is 377 g/mol. The first-order valence-electron chi connectivity index (χ1n) is 8.78. The van der Waals surface area contributed by atoms with Gasteiger partial charge in [0.05, 0.1) is 18.4 Å². The smallest absolute Gasteiger partial charge is 0.346 e. The summed E-state index contributed by atoms with van der Waals surface area (Å²) < 4.78 is 10.9. The van der Waals surface area contributed by atoms with Gasteiger partial charge in [0.15, 0.2) is 11.3 Å². The number of aromatic nitrogens is 1. The third kappa shape index (κ3) is 3.15. The largest absolute Gasteiger partial charge is 0.493 e. The van der Waals surface area contributed by atoms with E-state index in [-0.39, 0.29) is 0 Å². The van der Waals surface area contributed by atoms with E-state index in [1.165, 1.54) is 5.56 Å². The molecule has 0 bridgehead atoms. The van der Waals surface area contributed by atoms with Crippen molar-refractivity contribution in [3.63, 3.8) is 0 Å². The summed E-state index contributed by atoms with van der Waals surface area (Å²) >= 11 is 1.54. The molecule has 0 aliphatic rings. The number of methoxy groups -OCH3 is 1. The first-order chi connectivity index (χ1) is 13.1. The van der Waals surface area contributed by atoms with Crippen LogP contribution < -0.4 is 10.4 Å². The second kappa shape index (κ2) is 7.00. The molecule has 0 atom stereocenters. The quantitative estimate of drug-likeness (QED) is 0.443. The fraction of sp³-hybridized carbons (Fsp3) is 0.182. The number of nitrogens with zero attached hydrogens (tertiary/aromatic N) is 1. The number of thiazole rings is 1. The van der Waals surface area contributed by atoms with Crippen molar-refractivity contribution in [2.24, 2.45) is 0 Å². The Balaban J connectivity index is 1.88. The molecule has 0 spiro atoms. The third-order valence-corrected chi connectivity index (χ3v) is 5.75. The van der Waals surface area contributed by atoms with Crippen molar-refractivity contribution in [1.29, 1.82) is 0 Å². The summed E-state index contributed by atoms with van der Waals surface area (Å²) in [6, 6.07) is 15.7. The predicted octanol–water partition coefficient (Wildman–Crippen LogP) is 5.46. The van der Waals surface area contributed by atoms with Gasteiger partial charge in [0, 0.05) is 15.8 Å². The van der Waals surface area contributed by atoms with Crippen LogP contribution in [0, 0.1) is 6.92 Å². The number of hydrogen-bond acceptors (Lipinski definition) is 5. The number of hydrogen-bond donors (Lipinski definition) is 0. The molecule has 0 saturated carbocycles. The molecule has 0 saturated heterocycles. The molecule has 27 heavy (non-hydrogen) atoms. The molecule has 0 aliphatic carbocycles. The van der Waals surface area contributed by atoms with Crippen molar-refractivity contribution in [1.82, 2.24) is 4.98 Å². The molecule has 4 aromatic rings. The maximum Gasteiger partial charge on any atom is 0.346 e. The molecule has 136 valence electrons. The molecule has 2 aromatic carbocycles. The van der Waals surface area contributed by atoms with Gasteiger partial charge in [-0.2, -0.15) is 0 Å². The van der Waals surface area contributed by atoms with Crippen molar-refractivity contribution < 1.29 is 9.15 Å². The van der Waals surface area contributed by atoms with E-state index in [1.54, 1.807) is 24.5 Å². The van der Waals surface area contributed by atoms with Crippen molar-refractivity contribution in [2.45, 2.75) is 20.3 Å². The van der Waals surface area contributed by atoms with E-state index in [0.717, 1.165) is 27.9 Å². The molecule has 2 aromatic heterocycles. The van der Waals surface area contributed by atoms with Gasteiger partial charge >= 0.3 is 5.63 Å². The van der Waals surface area contributed by atoms with Gasteiger partial charge in [-0.05, 0) is 25.5 Å². The van der Waals surface area contributed by atoms with Gasteiger partial charge in [-0.25, -0.2) is 9.78 Å². The Morgan fingerprint density at radius 2 is 1.93 bits per heavy atom. The zero-order valence-electron chi connectivity index (χ0n) is 15.4. The number of aryl methyl sites for hydroxylation is 2. The van der Waals surface area contributed by atoms with E-state index in [2.05, 4.69) is 38.1 Å². The Bertz CT molecular complexity index is 1170. The van der Waals surface area contributed by atoms with E-state index in [4.69, 9.17) is 14.1 Å². The minimum absolute atomic E-state index is 0.404. The van der Waals surface area contributed by atoms with Crippen LogP contribution in [0.1, 0.15) is 17.4 Å². The topological polar surface area (TPSA) is 52.3 Å². The molecular weight excluding hydrogens is 358 g/mol. The molecule has 2 heterocycles. The number of fused-ring (bicyclic) bond motifs is 1. The highest BCUT2D eigenvalue weighted by atomic mass is 32.1. The summed E-state index contributed by atoms with van der Waals surface area (Å²) in [6.07, 6.45) is 0.855. The minimum Gasteiger partial charge on any atom is -0.493 e. The summed E-state index contributed by atoms with van der Waals surface area (Å²) in [5.74, 6) is 0.546. The summed E-state index contributed by atoms with van der Waals surface area (Å²) in [5, 5.41) is 1.50. The summed E-state index contributed by atoms with van der Waals surface area (Å²) in [7, 11) is 1.56. The van der Waals surface area contributed by atoms with Crippen LogP contribution in [-0.2, 0) is 6.42 Å². The van der Waals surface area contributed by atoms with Gasteiger partial charge in [0.25, 0.3) is 0 Å². The lowest BCUT2D eigenvalue weighted by molar-refractivity contribution is 0.407. The van der Waals surface area contributed by atoms with Crippen LogP contribution in [0.15, 0.2) is 57.7 Å². The lowest BCUT2D eigenvalue weighted by Crippen LogP contribution is -2.03. The zero-order valence-corrected chi connectivity index (χ0v) is 16.2. The average molecular weight is 377 g/mol. The molecule has 0 unspecified atom stereocenters. The molecule has 4 nitrogen and oxygen atoms in total. The van der Waals surface area contributed by atoms with E-state index in [1.807, 2.05) is 18.2 Å². The summed E-state index contributed by atoms with van der Waals surface area (Å²) in [4.78, 5) is 18.6. The number of benzene rings is 2. The van der Waals surface area contributed by atoms with E-state index >= 15 is 0 Å². The molecule has 0 fully saturated rings. The van der Waals surface area contributed by atoms with Gasteiger partial charge in [-0.1, -0.05) is 48.9 Å². The van der Waals surface area contributed by atoms with Crippen LogP contribution in [-0.4, -0.2) is 12.1 Å². The Morgan fingerprint density at radius 1 is 1.15 bits per heavy atom. The maximum atomic E-state index is 12.6. The molecule has 4 rings (SSSR count). The van der Waals surface area contributed by atoms with Crippen LogP contribution in [0.2, 0.25) is 0 Å². The highest BCUT2D eigenvalue weighted by Crippen LogP contribution is 2.35. The molecular formula is C22H19NO3S. The molecule has 0 aliphatic heterocycles. The lowest BCUT2D eigenvalue weighted by atomic mass is 10.1. The molecule has 5 heteroatoms. The Morgan fingerprint density at radius 3 is 2.63 bits per heavy atom. The van der Waals surface area contributed by atoms with Crippen LogP contribution in [0.4, 0.5) is 0 Å². The fourth-order valence-corrected chi connectivity index (χ4v) is 4.10. The van der Waals surface area contributed by atoms with Gasteiger partial charge in [0.2, 0.25) is 0 Å². The number of ether oxygens (including phenoxy) is 1. The zero-order chi connectivity index (χ0) is 19.0. The second-order valence-electron chi connectivity index (χ2n) is 6.34. The van der Waals surface area contributed by atoms with Crippen molar-refractivity contribution in [2.75, 3.05) is 7.11 Å². The van der Waals surface area contributed by atoms with Gasteiger partial charge in [0.1, 0.15) is 5.01 Å². The summed E-state index contributed by atoms with van der Waals surface area (Å²) in [6.45, 7) is 4.16. The van der Waals surface area contributed by atoms with Crippen LogP contribution in [0.3, 0.4) is 0 Å². The molecule has 0 radical (unpaired) electrons. The SMILES string of the molecule is CCc1sc(-c2cc3cccc(OC)c3oc2=O)nc1-c1ccc(C)cc1. The van der Waals surface area contributed by atoms with Crippen LogP contribution in [0.25, 0.3) is 32.8 Å². The van der Waals surface area contributed by atoms with Crippen molar-refractivity contribution >= 4 is 22.3 Å². The van der Waals surface area contributed by atoms with E-state index in [0.29, 0.717) is 21.9 Å². The van der Waals surface area contributed by atoms with Crippen molar-refractivity contribution in [3.8, 4) is 27.6 Å². The van der Waals surface area contributed by atoms with E-state index < -0.39 is 5.63 Å². The third-order valence-electron chi connectivity index (χ3n) is 4.52. The van der Waals surface area contributed by atoms with Gasteiger partial charge in [-0.15, -0.1) is 11.3 Å². The predicted molar refractivity (Wildman–Crippen MR) is 110 cm³/mol. The summed E-state index contributed by atoms with van der Waals surface area (Å²) in [5.41, 5.74) is 3.73. The minimum atomic E-state index is -0.404. The highest BCUT2D eigenvalue weighted by Gasteiger charge is 2.17. The first kappa shape index (κ1) is 17.5. The highest BCUT2D eigenvalue weighted by molar-refractivity contribution is 7.15. The Kier molecular flexibility index (Phi) is 4.54. The standard InChI is InChI=1S/C22H19NO3S/c1-4-18-19(14-10-8-13(2)9-11-14)23-21(27-18)16-12-15-6-5-7-17(25-3)20(15)26-22(16)24/h5-12H,4H2,1-3H3. The Labute approximate surface area is 161 Å². The second-order valence-corrected chi connectivity index (χ2v) is 7.42. The van der Waals surface area contributed by atoms with Crippen molar-refractivity contribution in [3.05, 3.63) is 69.4 Å². The molecule has 0 amide bonds. The maximum absolute atomic E-state index is 12.6. The molecule has 0 N–H and O–H groups in total. The average Bonchev–Trinajstić information content (AvgIpc) is 3.11. The lowest BCUT2D eigenvalue weighted by Gasteiger charge is -2.04. The Hall–Kier alpha value is -2.92. The number of para-hydroxylation sites is 1. The van der Waals surface area contributed by atoms with Gasteiger partial charge in [-0.3, -0.25) is 0 Å². The number of rotatable bonds is 4. The fourth-order valence-electron chi connectivity index (χ4n) is 3.07.